The molecule has 2 aromatic heterocycles. The average molecular weight is 549 g/mol. The van der Waals surface area contributed by atoms with Gasteiger partial charge in [-0.1, -0.05) is 29.8 Å². The number of carbonyl (C=O) groups excluding carboxylic acids is 3. The Morgan fingerprint density at radius 3 is 2.69 bits per heavy atom. The van der Waals surface area contributed by atoms with E-state index in [1.165, 1.54) is 33.0 Å². The molecule has 4 rings (SSSR count). The number of rotatable bonds is 9. The molecule has 1 aromatic carbocycles. The number of halogens is 1. The quantitative estimate of drug-likeness (QED) is 0.322. The molecule has 0 bridgehead atoms. The number of thiazole rings is 1. The molecule has 190 valence electrons. The molecule has 0 aliphatic carbocycles. The van der Waals surface area contributed by atoms with Crippen LogP contribution in [0, 0.1) is 0 Å². The van der Waals surface area contributed by atoms with Gasteiger partial charge in [0.1, 0.15) is 10.7 Å². The number of carbonyl (C=O) groups is 3. The predicted molar refractivity (Wildman–Crippen MR) is 137 cm³/mol. The molecule has 9 nitrogen and oxygen atoms in total. The Labute approximate surface area is 220 Å². The number of hydrogen-bond acceptors (Lipinski definition) is 8. The van der Waals surface area contributed by atoms with Crippen molar-refractivity contribution in [1.29, 1.82) is 0 Å². The first-order valence-electron chi connectivity index (χ1n) is 11.2. The molecule has 1 aliphatic heterocycles. The van der Waals surface area contributed by atoms with Crippen molar-refractivity contribution in [3.05, 3.63) is 72.8 Å². The molecule has 1 aliphatic rings. The Balaban J connectivity index is 1.32. The molecule has 3 atom stereocenters. The predicted octanol–water partition coefficient (Wildman–Crippen LogP) is 2.25. The largest absolute Gasteiger partial charge is 0.380 e. The van der Waals surface area contributed by atoms with Gasteiger partial charge in [0.05, 0.1) is 12.6 Å². The number of likely N-dealkylation sites (tertiary alicyclic amines) is 1. The third-order valence-corrected chi connectivity index (χ3v) is 8.21. The summed E-state index contributed by atoms with van der Waals surface area (Å²) in [6.45, 7) is 0.481. The Bertz CT molecular complexity index is 1260. The van der Waals surface area contributed by atoms with E-state index in [4.69, 9.17) is 17.3 Å². The van der Waals surface area contributed by atoms with Crippen molar-refractivity contribution in [2.75, 3.05) is 6.54 Å². The summed E-state index contributed by atoms with van der Waals surface area (Å²) in [5.74, 6) is -2.28. The number of nitrogens with zero attached hydrogens (tertiary/aromatic N) is 2. The number of aliphatic hydroxyl groups is 2. The van der Waals surface area contributed by atoms with Gasteiger partial charge in [-0.3, -0.25) is 14.4 Å². The topological polar surface area (TPSA) is 146 Å². The van der Waals surface area contributed by atoms with Gasteiger partial charge in [0.15, 0.2) is 12.2 Å². The second kappa shape index (κ2) is 11.5. The third-order valence-electron chi connectivity index (χ3n) is 5.91. The molecular weight excluding hydrogens is 524 g/mol. The van der Waals surface area contributed by atoms with Crippen LogP contribution in [0.1, 0.15) is 50.4 Å². The van der Waals surface area contributed by atoms with Crippen molar-refractivity contribution in [3.8, 4) is 0 Å². The van der Waals surface area contributed by atoms with Gasteiger partial charge in [-0.25, -0.2) is 4.98 Å². The Hall–Kier alpha value is -2.83. The summed E-state index contributed by atoms with van der Waals surface area (Å²) in [5.41, 5.74) is 7.40. The molecule has 1 saturated heterocycles. The summed E-state index contributed by atoms with van der Waals surface area (Å²) in [6, 6.07) is 9.05. The van der Waals surface area contributed by atoms with Crippen LogP contribution in [0.4, 0.5) is 0 Å². The van der Waals surface area contributed by atoms with E-state index < -0.39 is 36.0 Å². The van der Waals surface area contributed by atoms with E-state index in [9.17, 15) is 24.6 Å². The zero-order chi connectivity index (χ0) is 25.8. The fourth-order valence-electron chi connectivity index (χ4n) is 4.04. The summed E-state index contributed by atoms with van der Waals surface area (Å²) in [5, 5.41) is 28.1. The maximum atomic E-state index is 12.9. The highest BCUT2D eigenvalue weighted by Crippen LogP contribution is 2.34. The summed E-state index contributed by atoms with van der Waals surface area (Å²) >= 11 is 8.87. The first-order chi connectivity index (χ1) is 17.2. The molecule has 12 heteroatoms. The van der Waals surface area contributed by atoms with Crippen molar-refractivity contribution < 1.29 is 24.6 Å². The number of amides is 3. The minimum Gasteiger partial charge on any atom is -0.380 e. The van der Waals surface area contributed by atoms with Gasteiger partial charge in [-0.2, -0.15) is 0 Å². The minimum absolute atomic E-state index is 0.109. The van der Waals surface area contributed by atoms with Gasteiger partial charge < -0.3 is 26.2 Å². The van der Waals surface area contributed by atoms with Crippen LogP contribution in [-0.4, -0.2) is 56.6 Å². The van der Waals surface area contributed by atoms with Gasteiger partial charge >= 0.3 is 0 Å². The second-order valence-electron chi connectivity index (χ2n) is 8.42. The Morgan fingerprint density at radius 2 is 1.97 bits per heavy atom. The zero-order valence-corrected chi connectivity index (χ0v) is 21.5. The van der Waals surface area contributed by atoms with E-state index >= 15 is 0 Å². The van der Waals surface area contributed by atoms with Gasteiger partial charge in [-0.05, 0) is 47.9 Å². The minimum atomic E-state index is -1.93. The number of benzene rings is 1. The summed E-state index contributed by atoms with van der Waals surface area (Å²) in [7, 11) is 0. The fraction of sp³-hybridized carbons (Fsp3) is 0.333. The highest BCUT2D eigenvalue weighted by atomic mass is 35.5. The average Bonchev–Trinajstić information content (AvgIpc) is 3.63. The molecule has 1 fully saturated rings. The van der Waals surface area contributed by atoms with Crippen molar-refractivity contribution in [2.45, 2.75) is 44.1 Å². The third kappa shape index (κ3) is 5.93. The van der Waals surface area contributed by atoms with Crippen LogP contribution in [0.25, 0.3) is 0 Å². The maximum Gasteiger partial charge on any atom is 0.268 e. The van der Waals surface area contributed by atoms with Crippen LogP contribution in [0.3, 0.4) is 0 Å². The van der Waals surface area contributed by atoms with E-state index in [0.29, 0.717) is 35.8 Å². The van der Waals surface area contributed by atoms with Crippen molar-refractivity contribution in [3.63, 3.8) is 0 Å². The molecule has 3 aromatic rings. The lowest BCUT2D eigenvalue weighted by Crippen LogP contribution is -2.50. The Morgan fingerprint density at radius 1 is 1.19 bits per heavy atom. The number of hydrogen-bond donors (Lipinski definition) is 4. The van der Waals surface area contributed by atoms with Gasteiger partial charge in [-0.15, -0.1) is 22.7 Å². The second-order valence-corrected chi connectivity index (χ2v) is 10.7. The summed E-state index contributed by atoms with van der Waals surface area (Å²) < 4.78 is 0. The lowest BCUT2D eigenvalue weighted by molar-refractivity contribution is -0.153. The molecule has 1 unspecified atom stereocenters. The van der Waals surface area contributed by atoms with Gasteiger partial charge in [0.2, 0.25) is 0 Å². The molecule has 3 amide bonds. The first-order valence-corrected chi connectivity index (χ1v) is 13.4. The molecule has 0 spiro atoms. The van der Waals surface area contributed by atoms with E-state index in [1.54, 1.807) is 0 Å². The number of nitrogens with one attached hydrogen (secondary N) is 1. The monoisotopic (exact) mass is 548 g/mol. The summed E-state index contributed by atoms with van der Waals surface area (Å²) in [6.07, 6.45) is -1.97. The zero-order valence-electron chi connectivity index (χ0n) is 19.1. The van der Waals surface area contributed by atoms with Crippen LogP contribution in [0.2, 0.25) is 5.02 Å². The maximum absolute atomic E-state index is 12.9. The van der Waals surface area contributed by atoms with E-state index in [2.05, 4.69) is 10.3 Å². The summed E-state index contributed by atoms with van der Waals surface area (Å²) in [4.78, 5) is 43.1. The van der Waals surface area contributed by atoms with Crippen molar-refractivity contribution >= 4 is 52.0 Å². The molecule has 0 saturated carbocycles. The van der Waals surface area contributed by atoms with Crippen LogP contribution in [-0.2, 0) is 22.6 Å². The van der Waals surface area contributed by atoms with Crippen molar-refractivity contribution in [1.82, 2.24) is 15.2 Å². The number of primary amides is 1. The van der Waals surface area contributed by atoms with E-state index in [0.717, 1.165) is 16.0 Å². The molecule has 0 radical (unpaired) electrons. The molecular formula is C24H25ClN4O5S2. The normalized spacial score (nSPS) is 17.1. The van der Waals surface area contributed by atoms with E-state index in [1.807, 2.05) is 35.7 Å². The Kier molecular flexibility index (Phi) is 8.37. The highest BCUT2D eigenvalue weighted by molar-refractivity contribution is 7.10. The van der Waals surface area contributed by atoms with Gasteiger partial charge in [0, 0.05) is 21.8 Å². The number of nitrogens with two attached hydrogens (primary N) is 1. The molecule has 5 N–H and O–H groups in total. The lowest BCUT2D eigenvalue weighted by atomic mass is 10.1. The van der Waals surface area contributed by atoms with Crippen LogP contribution >= 0.6 is 34.3 Å². The molecule has 36 heavy (non-hydrogen) atoms. The van der Waals surface area contributed by atoms with Crippen molar-refractivity contribution in [2.24, 2.45) is 5.73 Å². The van der Waals surface area contributed by atoms with Crippen LogP contribution in [0.15, 0.2) is 41.1 Å². The number of aromatic nitrogens is 1. The molecule has 3 heterocycles. The van der Waals surface area contributed by atoms with E-state index in [-0.39, 0.29) is 12.2 Å². The first kappa shape index (κ1) is 26.2. The number of aliphatic hydroxyl groups excluding tert-OH is 2. The fourth-order valence-corrected chi connectivity index (χ4v) is 6.03. The van der Waals surface area contributed by atoms with Crippen LogP contribution < -0.4 is 11.1 Å². The SMILES string of the molecule is NC(=O)c1csc([C@H]2CCCN2C(=O)[C@H](O)C(O)C(=O)NCc2cc(Cc3ccccc3Cl)cs2)n1. The smallest absolute Gasteiger partial charge is 0.268 e. The standard InChI is InChI=1S/C24H25ClN4O5S2/c25-16-5-2-1-4-14(16)8-13-9-15(35-11-13)10-27-22(33)19(30)20(31)24(34)29-7-3-6-18(29)23-28-17(12-36-23)21(26)32/h1-2,4-5,9,11-12,18-20,30-31H,3,6-8,10H2,(H2,26,32)(H,27,33)/t18-,19?,20-/m1/s1. The highest BCUT2D eigenvalue weighted by Gasteiger charge is 2.39. The number of thiophene rings is 1. The van der Waals surface area contributed by atoms with Crippen LogP contribution in [0.5, 0.6) is 0 Å². The van der Waals surface area contributed by atoms with Gasteiger partial charge in [0.25, 0.3) is 17.7 Å². The lowest BCUT2D eigenvalue weighted by Gasteiger charge is -2.27.